The van der Waals surface area contributed by atoms with E-state index in [1.807, 2.05) is 6.07 Å². The fourth-order valence-electron chi connectivity index (χ4n) is 1.30. The molecule has 0 unspecified atom stereocenters. The number of fused-ring (bicyclic) bond motifs is 1. The molecule has 0 aliphatic rings. The van der Waals surface area contributed by atoms with E-state index in [4.69, 9.17) is 11.0 Å². The molecule has 0 aliphatic carbocycles. The third-order valence-electron chi connectivity index (χ3n) is 2.00. The highest BCUT2D eigenvalue weighted by Crippen LogP contribution is 2.19. The van der Waals surface area contributed by atoms with Crippen LogP contribution in [0.4, 0.5) is 5.82 Å². The van der Waals surface area contributed by atoms with E-state index in [0.29, 0.717) is 16.7 Å². The minimum atomic E-state index is 0.206. The van der Waals surface area contributed by atoms with Gasteiger partial charge in [-0.15, -0.1) is 0 Å². The molecule has 2 aromatic heterocycles. The van der Waals surface area contributed by atoms with Gasteiger partial charge in [0.1, 0.15) is 17.4 Å². The van der Waals surface area contributed by atoms with Crippen LogP contribution < -0.4 is 5.73 Å². The van der Waals surface area contributed by atoms with Gasteiger partial charge in [-0.25, -0.2) is 9.97 Å². The number of nitrogens with two attached hydrogens (primary N) is 1. The lowest BCUT2D eigenvalue weighted by Crippen LogP contribution is -2.00. The number of anilines is 1. The van der Waals surface area contributed by atoms with Crippen molar-refractivity contribution in [3.05, 3.63) is 23.5 Å². The van der Waals surface area contributed by atoms with Gasteiger partial charge in [-0.3, -0.25) is 4.98 Å². The van der Waals surface area contributed by atoms with Gasteiger partial charge in [0.25, 0.3) is 0 Å². The number of nitrogen functional groups attached to an aromatic ring is 1. The zero-order valence-electron chi connectivity index (χ0n) is 7.52. The number of hydrogen-bond acceptors (Lipinski definition) is 5. The molecule has 2 rings (SSSR count). The zero-order valence-corrected chi connectivity index (χ0v) is 7.52. The highest BCUT2D eigenvalue weighted by molar-refractivity contribution is 5.79. The molecule has 14 heavy (non-hydrogen) atoms. The topological polar surface area (TPSA) is 88.5 Å². The predicted octanol–water partition coefficient (Wildman–Crippen LogP) is 0.787. The minimum absolute atomic E-state index is 0.206. The third kappa shape index (κ3) is 1.05. The van der Waals surface area contributed by atoms with Gasteiger partial charge in [0.05, 0.1) is 5.56 Å². The molecule has 0 atom stereocenters. The lowest BCUT2D eigenvalue weighted by molar-refractivity contribution is 1.20. The van der Waals surface area contributed by atoms with Gasteiger partial charge in [-0.1, -0.05) is 0 Å². The quantitative estimate of drug-likeness (QED) is 0.655. The molecular weight excluding hydrogens is 178 g/mol. The average Bonchev–Trinajstić information content (AvgIpc) is 2.18. The van der Waals surface area contributed by atoms with E-state index in [1.165, 1.54) is 0 Å². The van der Waals surface area contributed by atoms with Crippen molar-refractivity contribution in [1.82, 2.24) is 15.0 Å². The maximum Gasteiger partial charge on any atom is 0.180 e. The molecule has 0 saturated carbocycles. The van der Waals surface area contributed by atoms with Crippen molar-refractivity contribution in [2.24, 2.45) is 0 Å². The predicted molar refractivity (Wildman–Crippen MR) is 51.2 cm³/mol. The maximum absolute atomic E-state index is 8.84. The summed E-state index contributed by atoms with van der Waals surface area (Å²) < 4.78 is 0. The Morgan fingerprint density at radius 1 is 1.36 bits per heavy atom. The summed E-state index contributed by atoms with van der Waals surface area (Å²) in [6.07, 6.45) is 3.11. The van der Waals surface area contributed by atoms with Gasteiger partial charge in [0.15, 0.2) is 5.65 Å². The summed E-state index contributed by atoms with van der Waals surface area (Å²) in [5, 5.41) is 8.84. The molecule has 0 aliphatic heterocycles. The van der Waals surface area contributed by atoms with E-state index in [-0.39, 0.29) is 5.82 Å². The van der Waals surface area contributed by atoms with Crippen LogP contribution in [-0.2, 0) is 0 Å². The van der Waals surface area contributed by atoms with Crippen LogP contribution in [-0.4, -0.2) is 15.0 Å². The number of nitriles is 1. The van der Waals surface area contributed by atoms with Crippen LogP contribution in [0.2, 0.25) is 0 Å². The smallest absolute Gasteiger partial charge is 0.180 e. The van der Waals surface area contributed by atoms with Crippen molar-refractivity contribution in [3.8, 4) is 6.07 Å². The summed E-state index contributed by atoms with van der Waals surface area (Å²) in [5.41, 5.74) is 7.79. The molecule has 0 saturated heterocycles. The van der Waals surface area contributed by atoms with Crippen LogP contribution >= 0.6 is 0 Å². The first kappa shape index (κ1) is 8.38. The number of pyridine rings is 1. The number of aromatic nitrogens is 3. The summed E-state index contributed by atoms with van der Waals surface area (Å²) in [4.78, 5) is 12.1. The van der Waals surface area contributed by atoms with Crippen molar-refractivity contribution in [1.29, 1.82) is 5.26 Å². The highest BCUT2D eigenvalue weighted by Gasteiger charge is 2.10. The first-order valence-electron chi connectivity index (χ1n) is 4.01. The van der Waals surface area contributed by atoms with Gasteiger partial charge in [-0.2, -0.15) is 5.26 Å². The summed E-state index contributed by atoms with van der Waals surface area (Å²) in [6.45, 7) is 1.79. The number of hydrogen-bond donors (Lipinski definition) is 1. The second-order valence-electron chi connectivity index (χ2n) is 2.84. The minimum Gasteiger partial charge on any atom is -0.383 e. The van der Waals surface area contributed by atoms with Gasteiger partial charge in [0.2, 0.25) is 0 Å². The van der Waals surface area contributed by atoms with E-state index >= 15 is 0 Å². The molecule has 2 aromatic rings. The van der Waals surface area contributed by atoms with Crippen LogP contribution in [0.15, 0.2) is 12.4 Å². The molecule has 5 nitrogen and oxygen atoms in total. The summed E-state index contributed by atoms with van der Waals surface area (Å²) in [5.74, 6) is 0.206. The molecule has 5 heteroatoms. The van der Waals surface area contributed by atoms with E-state index in [0.717, 1.165) is 5.56 Å². The maximum atomic E-state index is 8.84. The second kappa shape index (κ2) is 2.92. The van der Waals surface area contributed by atoms with Gasteiger partial charge in [0, 0.05) is 18.0 Å². The Hall–Kier alpha value is -2.22. The molecule has 0 bridgehead atoms. The third-order valence-corrected chi connectivity index (χ3v) is 2.00. The van der Waals surface area contributed by atoms with Crippen molar-refractivity contribution in [2.75, 3.05) is 5.73 Å². The molecule has 0 aromatic carbocycles. The van der Waals surface area contributed by atoms with Crippen LogP contribution in [0, 0.1) is 18.3 Å². The van der Waals surface area contributed by atoms with E-state index < -0.39 is 0 Å². The zero-order chi connectivity index (χ0) is 10.1. The fourth-order valence-corrected chi connectivity index (χ4v) is 1.30. The number of rotatable bonds is 0. The summed E-state index contributed by atoms with van der Waals surface area (Å²) >= 11 is 0. The van der Waals surface area contributed by atoms with E-state index in [2.05, 4.69) is 15.0 Å². The second-order valence-corrected chi connectivity index (χ2v) is 2.84. The van der Waals surface area contributed by atoms with Gasteiger partial charge < -0.3 is 5.73 Å². The molecule has 0 fully saturated rings. The highest BCUT2D eigenvalue weighted by atomic mass is 14.9. The van der Waals surface area contributed by atoms with Gasteiger partial charge >= 0.3 is 0 Å². The summed E-state index contributed by atoms with van der Waals surface area (Å²) in [7, 11) is 0. The van der Waals surface area contributed by atoms with Crippen molar-refractivity contribution in [2.45, 2.75) is 6.92 Å². The Morgan fingerprint density at radius 3 is 2.79 bits per heavy atom. The van der Waals surface area contributed by atoms with Crippen LogP contribution in [0.25, 0.3) is 11.2 Å². The Balaban J connectivity index is 2.95. The van der Waals surface area contributed by atoms with E-state index in [1.54, 1.807) is 19.3 Å². The van der Waals surface area contributed by atoms with Crippen molar-refractivity contribution >= 4 is 17.0 Å². The molecule has 0 spiro atoms. The molecule has 2 N–H and O–H groups in total. The molecule has 0 radical (unpaired) electrons. The standard InChI is InChI=1S/C9H7N5/c1-5-6(4-10)8(11)14-9-7(5)12-2-3-13-9/h2-3H,1H3,(H2,11,13,14). The number of aryl methyl sites for hydroxylation is 1. The van der Waals surface area contributed by atoms with Crippen LogP contribution in [0.1, 0.15) is 11.1 Å². The molecular formula is C9H7N5. The summed E-state index contributed by atoms with van der Waals surface area (Å²) in [6, 6.07) is 2.00. The Bertz CT molecular complexity index is 541. The molecule has 68 valence electrons. The van der Waals surface area contributed by atoms with Crippen LogP contribution in [0.3, 0.4) is 0 Å². The van der Waals surface area contributed by atoms with Crippen molar-refractivity contribution in [3.63, 3.8) is 0 Å². The Morgan fingerprint density at radius 2 is 2.07 bits per heavy atom. The monoisotopic (exact) mass is 185 g/mol. The fraction of sp³-hybridized carbons (Fsp3) is 0.111. The van der Waals surface area contributed by atoms with E-state index in [9.17, 15) is 0 Å². The van der Waals surface area contributed by atoms with Crippen LogP contribution in [0.5, 0.6) is 0 Å². The normalized spacial score (nSPS) is 10.0. The Kier molecular flexibility index (Phi) is 1.75. The number of nitrogens with zero attached hydrogens (tertiary/aromatic N) is 4. The first-order valence-corrected chi connectivity index (χ1v) is 4.01. The van der Waals surface area contributed by atoms with Crippen molar-refractivity contribution < 1.29 is 0 Å². The van der Waals surface area contributed by atoms with Gasteiger partial charge in [-0.05, 0) is 6.92 Å². The molecule has 2 heterocycles. The lowest BCUT2D eigenvalue weighted by Gasteiger charge is -2.03. The molecule has 0 amide bonds. The SMILES string of the molecule is Cc1c(C#N)c(N)nc2nccnc12. The Labute approximate surface area is 80.2 Å². The largest absolute Gasteiger partial charge is 0.383 e. The average molecular weight is 185 g/mol. The lowest BCUT2D eigenvalue weighted by atomic mass is 10.1. The first-order chi connectivity index (χ1) is 6.74.